The monoisotopic (exact) mass is 348 g/mol. The molecule has 5 nitrogen and oxygen atoms in total. The van der Waals surface area contributed by atoms with Crippen molar-refractivity contribution in [3.63, 3.8) is 0 Å². The number of hydrogen-bond acceptors (Lipinski definition) is 4. The van der Waals surface area contributed by atoms with Crippen molar-refractivity contribution in [1.82, 2.24) is 9.55 Å². The molecule has 0 spiro atoms. The first-order valence-corrected chi connectivity index (χ1v) is 8.22. The molecule has 0 radical (unpaired) electrons. The van der Waals surface area contributed by atoms with Crippen molar-refractivity contribution >= 4 is 11.9 Å². The van der Waals surface area contributed by atoms with E-state index in [-0.39, 0.29) is 5.78 Å². The fourth-order valence-electron chi connectivity index (χ4n) is 2.46. The van der Waals surface area contributed by atoms with Gasteiger partial charge in [0.25, 0.3) is 0 Å². The molecule has 3 aromatic rings. The molecule has 0 aliphatic heterocycles. The second-order valence-electron chi connectivity index (χ2n) is 5.71. The Kier molecular flexibility index (Phi) is 5.49. The maximum absolute atomic E-state index is 12.3. The lowest BCUT2D eigenvalue weighted by atomic mass is 10.1. The lowest BCUT2D eigenvalue weighted by Crippen LogP contribution is -2.03. The highest BCUT2D eigenvalue weighted by molar-refractivity contribution is 6.07. The largest absolute Gasteiger partial charge is 0.496 e. The number of carbonyl (C=O) groups excluding carboxylic acids is 1. The molecule has 0 fully saturated rings. The Morgan fingerprint density at radius 1 is 1.15 bits per heavy atom. The third-order valence-corrected chi connectivity index (χ3v) is 3.98. The highest BCUT2D eigenvalue weighted by Crippen LogP contribution is 2.19. The van der Waals surface area contributed by atoms with Crippen LogP contribution in [0.15, 0.2) is 67.0 Å². The number of para-hydroxylation sites is 1. The topological polar surface area (TPSA) is 53.4 Å². The van der Waals surface area contributed by atoms with Gasteiger partial charge in [0.05, 0.1) is 7.11 Å². The van der Waals surface area contributed by atoms with Crippen molar-refractivity contribution in [2.24, 2.45) is 7.05 Å². The van der Waals surface area contributed by atoms with Crippen LogP contribution in [0.25, 0.3) is 6.08 Å². The van der Waals surface area contributed by atoms with E-state index in [1.54, 1.807) is 49.7 Å². The van der Waals surface area contributed by atoms with Gasteiger partial charge in [-0.1, -0.05) is 18.2 Å². The molecule has 1 aromatic heterocycles. The molecule has 26 heavy (non-hydrogen) atoms. The van der Waals surface area contributed by atoms with E-state index in [4.69, 9.17) is 9.47 Å². The molecule has 5 heteroatoms. The average Bonchev–Trinajstić information content (AvgIpc) is 3.10. The standard InChI is InChI=1S/C21H20N2O3/c1-23-14-13-22-21(23)15-26-18-10-7-16(8-11-18)19(24)12-9-17-5-3-4-6-20(17)25-2/h3-14H,15H2,1-2H3/b12-9+. The third-order valence-electron chi connectivity index (χ3n) is 3.98. The number of nitrogens with zero attached hydrogens (tertiary/aromatic N) is 2. The van der Waals surface area contributed by atoms with Crippen LogP contribution in [0.5, 0.6) is 11.5 Å². The molecule has 0 amide bonds. The van der Waals surface area contributed by atoms with E-state index < -0.39 is 0 Å². The van der Waals surface area contributed by atoms with Gasteiger partial charge in [-0.05, 0) is 42.5 Å². The van der Waals surface area contributed by atoms with E-state index >= 15 is 0 Å². The number of rotatable bonds is 7. The van der Waals surface area contributed by atoms with Gasteiger partial charge in [0.1, 0.15) is 23.9 Å². The Morgan fingerprint density at radius 3 is 2.62 bits per heavy atom. The number of aromatic nitrogens is 2. The second-order valence-corrected chi connectivity index (χ2v) is 5.71. The number of aryl methyl sites for hydroxylation is 1. The van der Waals surface area contributed by atoms with E-state index in [9.17, 15) is 4.79 Å². The van der Waals surface area contributed by atoms with Crippen LogP contribution >= 0.6 is 0 Å². The molecule has 2 aromatic carbocycles. The predicted molar refractivity (Wildman–Crippen MR) is 100 cm³/mol. The molecule has 0 aliphatic carbocycles. The van der Waals surface area contributed by atoms with Gasteiger partial charge in [-0.3, -0.25) is 4.79 Å². The molecule has 0 bridgehead atoms. The second kappa shape index (κ2) is 8.16. The Morgan fingerprint density at radius 2 is 1.92 bits per heavy atom. The van der Waals surface area contributed by atoms with E-state index in [1.165, 1.54) is 0 Å². The minimum Gasteiger partial charge on any atom is -0.496 e. The fourth-order valence-corrected chi connectivity index (χ4v) is 2.46. The van der Waals surface area contributed by atoms with Gasteiger partial charge in [0.2, 0.25) is 0 Å². The summed E-state index contributed by atoms with van der Waals surface area (Å²) in [6, 6.07) is 14.6. The first-order valence-electron chi connectivity index (χ1n) is 8.22. The Balaban J connectivity index is 1.63. The Labute approximate surface area is 152 Å². The molecule has 0 saturated heterocycles. The van der Waals surface area contributed by atoms with Crippen LogP contribution in [0.1, 0.15) is 21.7 Å². The number of benzene rings is 2. The molecule has 0 saturated carbocycles. The van der Waals surface area contributed by atoms with Gasteiger partial charge >= 0.3 is 0 Å². The number of allylic oxidation sites excluding steroid dienone is 1. The van der Waals surface area contributed by atoms with E-state index in [2.05, 4.69) is 4.98 Å². The van der Waals surface area contributed by atoms with Crippen LogP contribution in [0, 0.1) is 0 Å². The molecule has 0 aliphatic rings. The van der Waals surface area contributed by atoms with Crippen molar-refractivity contribution in [3.05, 3.63) is 84.0 Å². The van der Waals surface area contributed by atoms with Crippen molar-refractivity contribution in [3.8, 4) is 11.5 Å². The summed E-state index contributed by atoms with van der Waals surface area (Å²) in [5.74, 6) is 2.18. The van der Waals surface area contributed by atoms with Gasteiger partial charge in [-0.25, -0.2) is 4.98 Å². The number of imidazole rings is 1. The lowest BCUT2D eigenvalue weighted by molar-refractivity contribution is 0.104. The molecular formula is C21H20N2O3. The van der Waals surface area contributed by atoms with Crippen LogP contribution in [-0.4, -0.2) is 22.4 Å². The summed E-state index contributed by atoms with van der Waals surface area (Å²) in [6.45, 7) is 0.379. The van der Waals surface area contributed by atoms with Crippen molar-refractivity contribution < 1.29 is 14.3 Å². The SMILES string of the molecule is COc1ccccc1/C=C/C(=O)c1ccc(OCc2nccn2C)cc1. The lowest BCUT2D eigenvalue weighted by Gasteiger charge is -2.06. The normalized spacial score (nSPS) is 10.8. The average molecular weight is 348 g/mol. The molecule has 0 unspecified atom stereocenters. The number of methoxy groups -OCH3 is 1. The zero-order valence-electron chi connectivity index (χ0n) is 14.8. The summed E-state index contributed by atoms with van der Waals surface area (Å²) >= 11 is 0. The molecule has 1 heterocycles. The summed E-state index contributed by atoms with van der Waals surface area (Å²) < 4.78 is 12.9. The van der Waals surface area contributed by atoms with Gasteiger partial charge in [-0.15, -0.1) is 0 Å². The van der Waals surface area contributed by atoms with Crippen LogP contribution in [0.3, 0.4) is 0 Å². The smallest absolute Gasteiger partial charge is 0.185 e. The zero-order chi connectivity index (χ0) is 18.4. The molecule has 0 atom stereocenters. The van der Waals surface area contributed by atoms with Gasteiger partial charge in [-0.2, -0.15) is 0 Å². The third kappa shape index (κ3) is 4.19. The summed E-state index contributed by atoms with van der Waals surface area (Å²) in [5, 5.41) is 0. The highest BCUT2D eigenvalue weighted by atomic mass is 16.5. The Hall–Kier alpha value is -3.34. The van der Waals surface area contributed by atoms with Gasteiger partial charge in [0.15, 0.2) is 5.78 Å². The first kappa shape index (κ1) is 17.5. The number of hydrogen-bond donors (Lipinski definition) is 0. The molecule has 132 valence electrons. The maximum Gasteiger partial charge on any atom is 0.185 e. The summed E-state index contributed by atoms with van der Waals surface area (Å²) in [7, 11) is 3.53. The van der Waals surface area contributed by atoms with Crippen molar-refractivity contribution in [2.75, 3.05) is 7.11 Å². The number of ether oxygens (including phenoxy) is 2. The van der Waals surface area contributed by atoms with Gasteiger partial charge < -0.3 is 14.0 Å². The Bertz CT molecular complexity index is 911. The summed E-state index contributed by atoms with van der Waals surface area (Å²) in [5.41, 5.74) is 1.46. The molecule has 3 rings (SSSR count). The number of ketones is 1. The van der Waals surface area contributed by atoms with Crippen molar-refractivity contribution in [1.29, 1.82) is 0 Å². The van der Waals surface area contributed by atoms with E-state index in [1.807, 2.05) is 42.1 Å². The summed E-state index contributed by atoms with van der Waals surface area (Å²) in [6.07, 6.45) is 6.90. The van der Waals surface area contributed by atoms with E-state index in [0.29, 0.717) is 17.9 Å². The van der Waals surface area contributed by atoms with Crippen LogP contribution in [0.2, 0.25) is 0 Å². The quantitative estimate of drug-likeness (QED) is 0.480. The predicted octanol–water partition coefficient (Wildman–Crippen LogP) is 3.90. The van der Waals surface area contributed by atoms with Crippen LogP contribution in [-0.2, 0) is 13.7 Å². The number of carbonyl (C=O) groups is 1. The van der Waals surface area contributed by atoms with Crippen molar-refractivity contribution in [2.45, 2.75) is 6.61 Å². The highest BCUT2D eigenvalue weighted by Gasteiger charge is 2.05. The van der Waals surface area contributed by atoms with Crippen LogP contribution < -0.4 is 9.47 Å². The van der Waals surface area contributed by atoms with E-state index in [0.717, 1.165) is 17.1 Å². The minimum atomic E-state index is -0.0773. The summed E-state index contributed by atoms with van der Waals surface area (Å²) in [4.78, 5) is 16.5. The maximum atomic E-state index is 12.3. The van der Waals surface area contributed by atoms with Gasteiger partial charge in [0, 0.05) is 30.6 Å². The van der Waals surface area contributed by atoms with Crippen LogP contribution in [0.4, 0.5) is 0 Å². The molecular weight excluding hydrogens is 328 g/mol. The molecule has 0 N–H and O–H groups in total. The fraction of sp³-hybridized carbons (Fsp3) is 0.143. The zero-order valence-corrected chi connectivity index (χ0v) is 14.8. The minimum absolute atomic E-state index is 0.0773. The first-order chi connectivity index (χ1) is 12.7.